The highest BCUT2D eigenvalue weighted by molar-refractivity contribution is 7.89. The molecule has 0 atom stereocenters. The van der Waals surface area contributed by atoms with Gasteiger partial charge in [0.05, 0.1) is 4.90 Å². The van der Waals surface area contributed by atoms with Crippen molar-refractivity contribution < 1.29 is 13.2 Å². The number of sulfonamides is 1. The Hall–Kier alpha value is -1.44. The summed E-state index contributed by atoms with van der Waals surface area (Å²) < 4.78 is 27.3. The van der Waals surface area contributed by atoms with Crippen molar-refractivity contribution in [1.82, 2.24) is 14.5 Å². The van der Waals surface area contributed by atoms with E-state index in [4.69, 9.17) is 0 Å². The van der Waals surface area contributed by atoms with Crippen molar-refractivity contribution in [2.24, 2.45) is 0 Å². The number of carbonyl (C=O) groups is 1. The molecule has 0 aliphatic carbocycles. The van der Waals surface area contributed by atoms with E-state index in [9.17, 15) is 13.2 Å². The molecule has 6 nitrogen and oxygen atoms in total. The fraction of sp³-hybridized carbons (Fsp3) is 0.632. The third kappa shape index (κ3) is 5.53. The van der Waals surface area contributed by atoms with Crippen LogP contribution in [0.5, 0.6) is 0 Å². The summed E-state index contributed by atoms with van der Waals surface area (Å²) in [5.41, 5.74) is 0.389. The zero-order valence-electron chi connectivity index (χ0n) is 15.9. The quantitative estimate of drug-likeness (QED) is 0.750. The average molecular weight is 382 g/mol. The Morgan fingerprint density at radius 2 is 1.77 bits per heavy atom. The Balaban J connectivity index is 2.05. The van der Waals surface area contributed by atoms with E-state index in [1.807, 2.05) is 0 Å². The summed E-state index contributed by atoms with van der Waals surface area (Å²) in [6, 6.07) is 6.37. The van der Waals surface area contributed by atoms with Crippen LogP contribution in [-0.2, 0) is 10.0 Å². The molecule has 1 aliphatic heterocycles. The van der Waals surface area contributed by atoms with E-state index in [2.05, 4.69) is 24.1 Å². The molecular weight excluding hydrogens is 350 g/mol. The lowest BCUT2D eigenvalue weighted by atomic mass is 10.2. The van der Waals surface area contributed by atoms with Gasteiger partial charge in [-0.2, -0.15) is 4.31 Å². The first-order valence-electron chi connectivity index (χ1n) is 9.59. The first-order chi connectivity index (χ1) is 12.5. The molecule has 1 aromatic rings. The van der Waals surface area contributed by atoms with Crippen LogP contribution in [0.2, 0.25) is 0 Å². The first-order valence-corrected chi connectivity index (χ1v) is 11.0. The lowest BCUT2D eigenvalue weighted by Crippen LogP contribution is -2.35. The fourth-order valence-corrected chi connectivity index (χ4v) is 4.76. The molecule has 26 heavy (non-hydrogen) atoms. The van der Waals surface area contributed by atoms with E-state index in [0.717, 1.165) is 45.3 Å². The van der Waals surface area contributed by atoms with Gasteiger partial charge in [0.25, 0.3) is 5.91 Å². The predicted molar refractivity (Wildman–Crippen MR) is 104 cm³/mol. The minimum Gasteiger partial charge on any atom is -0.351 e. The number of likely N-dealkylation sites (N-methyl/N-ethyl adjacent to an activating group) is 1. The molecule has 0 unspecified atom stereocenters. The summed E-state index contributed by atoms with van der Waals surface area (Å²) in [5, 5.41) is 2.88. The van der Waals surface area contributed by atoms with Crippen LogP contribution in [0, 0.1) is 0 Å². The minimum absolute atomic E-state index is 0.204. The molecule has 1 N–H and O–H groups in total. The van der Waals surface area contributed by atoms with Crippen LogP contribution in [-0.4, -0.2) is 62.8 Å². The number of benzene rings is 1. The van der Waals surface area contributed by atoms with Gasteiger partial charge in [0.15, 0.2) is 0 Å². The van der Waals surface area contributed by atoms with Crippen molar-refractivity contribution in [3.8, 4) is 0 Å². The maximum Gasteiger partial charge on any atom is 0.251 e. The second-order valence-electron chi connectivity index (χ2n) is 6.63. The maximum absolute atomic E-state index is 12.9. The Morgan fingerprint density at radius 1 is 1.12 bits per heavy atom. The SMILES string of the molecule is CCN(CC)CCNC(=O)c1cccc(S(=O)(=O)N2CCCCCC2)c1. The molecule has 1 saturated heterocycles. The normalized spacial score (nSPS) is 16.4. The van der Waals surface area contributed by atoms with Crippen LogP contribution in [0.3, 0.4) is 0 Å². The third-order valence-corrected chi connectivity index (χ3v) is 6.80. The van der Waals surface area contributed by atoms with Gasteiger partial charge in [0.2, 0.25) is 10.0 Å². The van der Waals surface area contributed by atoms with E-state index in [1.54, 1.807) is 22.5 Å². The van der Waals surface area contributed by atoms with E-state index >= 15 is 0 Å². The van der Waals surface area contributed by atoms with Crippen molar-refractivity contribution in [2.75, 3.05) is 39.3 Å². The van der Waals surface area contributed by atoms with Gasteiger partial charge in [-0.3, -0.25) is 4.79 Å². The van der Waals surface area contributed by atoms with Gasteiger partial charge in [0, 0.05) is 31.7 Å². The van der Waals surface area contributed by atoms with Gasteiger partial charge < -0.3 is 10.2 Å². The Bertz CT molecular complexity index is 679. The Labute approximate surface area is 157 Å². The smallest absolute Gasteiger partial charge is 0.251 e. The van der Waals surface area contributed by atoms with Crippen LogP contribution < -0.4 is 5.32 Å². The molecule has 0 radical (unpaired) electrons. The lowest BCUT2D eigenvalue weighted by Gasteiger charge is -2.20. The van der Waals surface area contributed by atoms with E-state index in [1.165, 1.54) is 6.07 Å². The Morgan fingerprint density at radius 3 is 2.38 bits per heavy atom. The molecule has 1 heterocycles. The second kappa shape index (κ2) is 10.0. The van der Waals surface area contributed by atoms with Gasteiger partial charge in [-0.25, -0.2) is 8.42 Å². The number of hydrogen-bond acceptors (Lipinski definition) is 4. The van der Waals surface area contributed by atoms with Crippen molar-refractivity contribution in [2.45, 2.75) is 44.4 Å². The van der Waals surface area contributed by atoms with Gasteiger partial charge in [-0.1, -0.05) is 32.8 Å². The first kappa shape index (κ1) is 20.9. The van der Waals surface area contributed by atoms with Crippen LogP contribution >= 0.6 is 0 Å². The molecule has 0 aromatic heterocycles. The molecule has 1 fully saturated rings. The van der Waals surface area contributed by atoms with Crippen molar-refractivity contribution in [3.05, 3.63) is 29.8 Å². The number of hydrogen-bond donors (Lipinski definition) is 1. The monoisotopic (exact) mass is 381 g/mol. The van der Waals surface area contributed by atoms with Gasteiger partial charge in [0.1, 0.15) is 0 Å². The molecule has 146 valence electrons. The number of nitrogens with one attached hydrogen (secondary N) is 1. The molecule has 2 rings (SSSR count). The minimum atomic E-state index is -3.54. The number of rotatable bonds is 8. The highest BCUT2D eigenvalue weighted by Crippen LogP contribution is 2.21. The third-order valence-electron chi connectivity index (χ3n) is 4.91. The van der Waals surface area contributed by atoms with Gasteiger partial charge >= 0.3 is 0 Å². The lowest BCUT2D eigenvalue weighted by molar-refractivity contribution is 0.0948. The summed E-state index contributed by atoms with van der Waals surface area (Å²) in [6.45, 7) is 8.50. The zero-order chi connectivity index (χ0) is 19.0. The number of nitrogens with zero attached hydrogens (tertiary/aromatic N) is 2. The maximum atomic E-state index is 12.9. The van der Waals surface area contributed by atoms with Crippen LogP contribution in [0.1, 0.15) is 49.9 Å². The molecule has 1 aromatic carbocycles. The van der Waals surface area contributed by atoms with E-state index in [-0.39, 0.29) is 10.8 Å². The predicted octanol–water partition coefficient (Wildman–Crippen LogP) is 2.32. The zero-order valence-corrected chi connectivity index (χ0v) is 16.7. The average Bonchev–Trinajstić information content (AvgIpc) is 2.95. The molecular formula is C19H31N3O3S. The van der Waals surface area contributed by atoms with E-state index < -0.39 is 10.0 Å². The standard InChI is InChI=1S/C19H31N3O3S/c1-3-21(4-2)15-12-20-19(23)17-10-9-11-18(16-17)26(24,25)22-13-7-5-6-8-14-22/h9-11,16H,3-8,12-15H2,1-2H3,(H,20,23). The van der Waals surface area contributed by atoms with Gasteiger partial charge in [-0.05, 0) is 44.1 Å². The topological polar surface area (TPSA) is 69.7 Å². The molecule has 1 aliphatic rings. The van der Waals surface area contributed by atoms with Gasteiger partial charge in [-0.15, -0.1) is 0 Å². The van der Waals surface area contributed by atoms with E-state index in [0.29, 0.717) is 25.2 Å². The van der Waals surface area contributed by atoms with Crippen LogP contribution in [0.25, 0.3) is 0 Å². The van der Waals surface area contributed by atoms with Crippen LogP contribution in [0.4, 0.5) is 0 Å². The van der Waals surface area contributed by atoms with Crippen molar-refractivity contribution in [3.63, 3.8) is 0 Å². The van der Waals surface area contributed by atoms with Crippen molar-refractivity contribution in [1.29, 1.82) is 0 Å². The molecule has 1 amide bonds. The molecule has 0 saturated carbocycles. The summed E-state index contributed by atoms with van der Waals surface area (Å²) in [6.07, 6.45) is 3.93. The molecule has 0 spiro atoms. The second-order valence-corrected chi connectivity index (χ2v) is 8.57. The summed E-state index contributed by atoms with van der Waals surface area (Å²) in [5.74, 6) is -0.231. The summed E-state index contributed by atoms with van der Waals surface area (Å²) in [4.78, 5) is 14.8. The van der Waals surface area contributed by atoms with Crippen molar-refractivity contribution >= 4 is 15.9 Å². The Kier molecular flexibility index (Phi) is 8.06. The number of amides is 1. The highest BCUT2D eigenvalue weighted by Gasteiger charge is 2.25. The number of carbonyl (C=O) groups excluding carboxylic acids is 1. The van der Waals surface area contributed by atoms with Crippen LogP contribution in [0.15, 0.2) is 29.2 Å². The largest absolute Gasteiger partial charge is 0.351 e. The highest BCUT2D eigenvalue weighted by atomic mass is 32.2. The summed E-state index contributed by atoms with van der Waals surface area (Å²) >= 11 is 0. The molecule has 7 heteroatoms. The summed E-state index contributed by atoms with van der Waals surface area (Å²) in [7, 11) is -3.54. The fourth-order valence-electron chi connectivity index (χ4n) is 3.20. The molecule has 0 bridgehead atoms.